The highest BCUT2D eigenvalue weighted by molar-refractivity contribution is 5.88. The molecule has 3 aromatic rings. The number of carbonyl (C=O) groups excluding carboxylic acids is 1. The summed E-state index contributed by atoms with van der Waals surface area (Å²) in [5.41, 5.74) is 3.07. The van der Waals surface area contributed by atoms with Gasteiger partial charge in [0.15, 0.2) is 5.96 Å². The number of ether oxygens (including phenoxy) is 1. The van der Waals surface area contributed by atoms with Gasteiger partial charge in [-0.3, -0.25) is 9.48 Å². The van der Waals surface area contributed by atoms with E-state index in [1.54, 1.807) is 12.3 Å². The van der Waals surface area contributed by atoms with Crippen molar-refractivity contribution in [1.82, 2.24) is 20.4 Å². The molecule has 0 radical (unpaired) electrons. The van der Waals surface area contributed by atoms with Gasteiger partial charge in [-0.25, -0.2) is 4.99 Å². The second-order valence-electron chi connectivity index (χ2n) is 7.15. The Morgan fingerprint density at radius 2 is 1.94 bits per heavy atom. The summed E-state index contributed by atoms with van der Waals surface area (Å²) in [6, 6.07) is 17.5. The van der Waals surface area contributed by atoms with Gasteiger partial charge < -0.3 is 20.7 Å². The molecule has 0 fully saturated rings. The molecule has 1 amide bonds. The van der Waals surface area contributed by atoms with Crippen molar-refractivity contribution in [2.24, 2.45) is 4.99 Å². The van der Waals surface area contributed by atoms with E-state index >= 15 is 0 Å². The minimum Gasteiger partial charge on any atom is -0.492 e. The van der Waals surface area contributed by atoms with Gasteiger partial charge in [-0.2, -0.15) is 5.10 Å². The van der Waals surface area contributed by atoms with Crippen LogP contribution in [0.1, 0.15) is 25.0 Å². The van der Waals surface area contributed by atoms with Crippen molar-refractivity contribution in [1.29, 1.82) is 0 Å². The molecule has 32 heavy (non-hydrogen) atoms. The Balaban J connectivity index is 1.53. The number of benzene rings is 2. The molecule has 0 atom stereocenters. The van der Waals surface area contributed by atoms with Crippen LogP contribution < -0.4 is 20.7 Å². The van der Waals surface area contributed by atoms with Gasteiger partial charge in [-0.15, -0.1) is 0 Å². The molecule has 0 aliphatic heterocycles. The smallest absolute Gasteiger partial charge is 0.221 e. The lowest BCUT2D eigenvalue weighted by atomic mass is 10.1. The number of rotatable bonds is 10. The number of guanidine groups is 1. The number of nitrogens with one attached hydrogen (secondary N) is 3. The largest absolute Gasteiger partial charge is 0.492 e. The molecule has 0 saturated carbocycles. The van der Waals surface area contributed by atoms with Crippen LogP contribution in [0.4, 0.5) is 5.69 Å². The Hall–Kier alpha value is -3.81. The number of anilines is 1. The van der Waals surface area contributed by atoms with Gasteiger partial charge in [0.25, 0.3) is 0 Å². The molecular formula is C24H30N6O2. The lowest BCUT2D eigenvalue weighted by Gasteiger charge is -2.13. The normalized spacial score (nSPS) is 11.1. The number of aromatic nitrogens is 2. The van der Waals surface area contributed by atoms with E-state index in [1.165, 1.54) is 12.5 Å². The fourth-order valence-electron chi connectivity index (χ4n) is 3.15. The predicted octanol–water partition coefficient (Wildman–Crippen LogP) is 3.02. The second-order valence-corrected chi connectivity index (χ2v) is 7.15. The lowest BCUT2D eigenvalue weighted by molar-refractivity contribution is -0.114. The van der Waals surface area contributed by atoms with Gasteiger partial charge >= 0.3 is 0 Å². The molecule has 0 saturated heterocycles. The molecule has 0 unspecified atom stereocenters. The number of hydrogen-bond acceptors (Lipinski definition) is 4. The summed E-state index contributed by atoms with van der Waals surface area (Å²) in [5, 5.41) is 13.6. The highest BCUT2D eigenvalue weighted by atomic mass is 16.5. The fourth-order valence-corrected chi connectivity index (χ4v) is 3.15. The first-order chi connectivity index (χ1) is 15.6. The van der Waals surface area contributed by atoms with E-state index < -0.39 is 0 Å². The highest BCUT2D eigenvalue weighted by Gasteiger charge is 2.04. The van der Waals surface area contributed by atoms with E-state index in [0.717, 1.165) is 18.1 Å². The third-order valence-corrected chi connectivity index (χ3v) is 4.58. The maximum atomic E-state index is 11.2. The molecule has 1 heterocycles. The highest BCUT2D eigenvalue weighted by Crippen LogP contribution is 2.17. The van der Waals surface area contributed by atoms with E-state index in [-0.39, 0.29) is 5.91 Å². The zero-order chi connectivity index (χ0) is 22.6. The standard InChI is InChI=1S/C24H30N6O2/c1-3-25-24(26-13-15-32-23-11-6-10-22(16-23)29-19(2)31)27-17-20-8-4-5-9-21(20)18-30-14-7-12-28-30/h4-12,14,16H,3,13,15,17-18H2,1-2H3,(H,29,31)(H2,25,26,27). The molecule has 168 valence electrons. The Bertz CT molecular complexity index is 1020. The minimum absolute atomic E-state index is 0.110. The summed E-state index contributed by atoms with van der Waals surface area (Å²) in [5.74, 6) is 1.33. The lowest BCUT2D eigenvalue weighted by Crippen LogP contribution is -2.39. The van der Waals surface area contributed by atoms with Gasteiger partial charge in [-0.05, 0) is 36.2 Å². The third kappa shape index (κ3) is 7.46. The van der Waals surface area contributed by atoms with Crippen molar-refractivity contribution in [2.45, 2.75) is 26.9 Å². The molecule has 1 aromatic heterocycles. The number of amides is 1. The van der Waals surface area contributed by atoms with Crippen LogP contribution in [0.15, 0.2) is 72.0 Å². The van der Waals surface area contributed by atoms with Crippen molar-refractivity contribution in [3.05, 3.63) is 78.1 Å². The van der Waals surface area contributed by atoms with Crippen LogP contribution in [-0.4, -0.2) is 41.3 Å². The fraction of sp³-hybridized carbons (Fsp3) is 0.292. The summed E-state index contributed by atoms with van der Waals surface area (Å²) in [4.78, 5) is 15.9. The summed E-state index contributed by atoms with van der Waals surface area (Å²) >= 11 is 0. The van der Waals surface area contributed by atoms with Gasteiger partial charge in [0.2, 0.25) is 5.91 Å². The van der Waals surface area contributed by atoms with Crippen molar-refractivity contribution in [3.63, 3.8) is 0 Å². The van der Waals surface area contributed by atoms with Crippen molar-refractivity contribution >= 4 is 17.6 Å². The first-order valence-corrected chi connectivity index (χ1v) is 10.7. The molecule has 8 nitrogen and oxygen atoms in total. The van der Waals surface area contributed by atoms with E-state index in [4.69, 9.17) is 9.73 Å². The van der Waals surface area contributed by atoms with Crippen LogP contribution in [0.5, 0.6) is 5.75 Å². The van der Waals surface area contributed by atoms with Gasteiger partial charge in [0, 0.05) is 37.6 Å². The number of carbonyl (C=O) groups is 1. The van der Waals surface area contributed by atoms with Crippen LogP contribution >= 0.6 is 0 Å². The van der Waals surface area contributed by atoms with E-state index in [1.807, 2.05) is 54.2 Å². The molecule has 0 aliphatic rings. The molecule has 0 bridgehead atoms. The topological polar surface area (TPSA) is 92.6 Å². The Labute approximate surface area is 188 Å². The predicted molar refractivity (Wildman–Crippen MR) is 127 cm³/mol. The summed E-state index contributed by atoms with van der Waals surface area (Å²) in [7, 11) is 0. The van der Waals surface area contributed by atoms with Crippen molar-refractivity contribution in [3.8, 4) is 5.75 Å². The van der Waals surface area contributed by atoms with E-state index in [0.29, 0.717) is 37.7 Å². The quantitative estimate of drug-likeness (QED) is 0.259. The van der Waals surface area contributed by atoms with E-state index in [9.17, 15) is 4.79 Å². The Morgan fingerprint density at radius 1 is 1.09 bits per heavy atom. The molecule has 0 spiro atoms. The maximum absolute atomic E-state index is 11.2. The monoisotopic (exact) mass is 434 g/mol. The number of aliphatic imine (C=N–C) groups is 1. The molecule has 3 N–H and O–H groups in total. The van der Waals surface area contributed by atoms with Gasteiger partial charge in [0.1, 0.15) is 12.4 Å². The Kier molecular flexibility index (Phi) is 8.68. The van der Waals surface area contributed by atoms with Crippen LogP contribution in [0.25, 0.3) is 0 Å². The Morgan fingerprint density at radius 3 is 2.69 bits per heavy atom. The average molecular weight is 435 g/mol. The van der Waals surface area contributed by atoms with Gasteiger partial charge in [-0.1, -0.05) is 30.3 Å². The van der Waals surface area contributed by atoms with Crippen LogP contribution in [0, 0.1) is 0 Å². The first kappa shape index (κ1) is 22.9. The minimum atomic E-state index is -0.110. The SMILES string of the molecule is CCNC(=NCc1ccccc1Cn1cccn1)NCCOc1cccc(NC(C)=O)c1. The van der Waals surface area contributed by atoms with Crippen molar-refractivity contribution in [2.75, 3.05) is 25.0 Å². The summed E-state index contributed by atoms with van der Waals surface area (Å²) in [6.07, 6.45) is 3.74. The molecule has 3 rings (SSSR count). The molecule has 2 aromatic carbocycles. The maximum Gasteiger partial charge on any atom is 0.221 e. The van der Waals surface area contributed by atoms with Gasteiger partial charge in [0.05, 0.1) is 19.6 Å². The van der Waals surface area contributed by atoms with Crippen LogP contribution in [0.2, 0.25) is 0 Å². The van der Waals surface area contributed by atoms with Crippen LogP contribution in [0.3, 0.4) is 0 Å². The third-order valence-electron chi connectivity index (χ3n) is 4.58. The second kappa shape index (κ2) is 12.1. The summed E-state index contributed by atoms with van der Waals surface area (Å²) in [6.45, 7) is 6.61. The number of nitrogens with zero attached hydrogens (tertiary/aromatic N) is 3. The average Bonchev–Trinajstić information content (AvgIpc) is 3.29. The first-order valence-electron chi connectivity index (χ1n) is 10.7. The van der Waals surface area contributed by atoms with E-state index in [2.05, 4.69) is 33.2 Å². The molecular weight excluding hydrogens is 404 g/mol. The zero-order valence-corrected chi connectivity index (χ0v) is 18.5. The zero-order valence-electron chi connectivity index (χ0n) is 18.5. The molecule has 8 heteroatoms. The molecule has 0 aliphatic carbocycles. The van der Waals surface area contributed by atoms with Crippen molar-refractivity contribution < 1.29 is 9.53 Å². The van der Waals surface area contributed by atoms with Crippen LogP contribution in [-0.2, 0) is 17.9 Å². The summed E-state index contributed by atoms with van der Waals surface area (Å²) < 4.78 is 7.70. The number of hydrogen-bond donors (Lipinski definition) is 3.